The summed E-state index contributed by atoms with van der Waals surface area (Å²) in [6, 6.07) is 19.1. The summed E-state index contributed by atoms with van der Waals surface area (Å²) in [5, 5.41) is 3.28. The summed E-state index contributed by atoms with van der Waals surface area (Å²) >= 11 is 0. The number of nitrogens with zero attached hydrogens (tertiary/aromatic N) is 2. The molecule has 1 amide bonds. The second kappa shape index (κ2) is 9.55. The van der Waals surface area contributed by atoms with Crippen molar-refractivity contribution in [3.63, 3.8) is 0 Å². The van der Waals surface area contributed by atoms with Gasteiger partial charge >= 0.3 is 0 Å². The van der Waals surface area contributed by atoms with Crippen LogP contribution in [0.2, 0.25) is 0 Å². The maximum absolute atomic E-state index is 12.5. The summed E-state index contributed by atoms with van der Waals surface area (Å²) < 4.78 is 5.80. The molecule has 2 aromatic carbocycles. The van der Waals surface area contributed by atoms with Crippen molar-refractivity contribution in [1.82, 2.24) is 9.88 Å². The molecule has 1 heterocycles. The van der Waals surface area contributed by atoms with E-state index in [0.29, 0.717) is 5.56 Å². The zero-order chi connectivity index (χ0) is 19.8. The number of carbonyl (C=O) groups excluding carboxylic acids is 1. The zero-order valence-corrected chi connectivity index (χ0v) is 16.3. The van der Waals surface area contributed by atoms with Crippen molar-refractivity contribution in [3.05, 3.63) is 78.6 Å². The van der Waals surface area contributed by atoms with Crippen LogP contribution in [0.5, 0.6) is 11.5 Å². The highest BCUT2D eigenvalue weighted by atomic mass is 16.5. The molecule has 0 radical (unpaired) electrons. The van der Waals surface area contributed by atoms with Crippen LogP contribution in [0.1, 0.15) is 30.1 Å². The van der Waals surface area contributed by atoms with Crippen LogP contribution in [0, 0.1) is 0 Å². The van der Waals surface area contributed by atoms with Crippen LogP contribution in [0.25, 0.3) is 0 Å². The number of amides is 1. The Hall–Kier alpha value is -3.34. The number of aromatic nitrogens is 1. The Morgan fingerprint density at radius 2 is 1.71 bits per heavy atom. The number of anilines is 2. The molecule has 3 rings (SSSR count). The van der Waals surface area contributed by atoms with E-state index < -0.39 is 0 Å². The normalized spacial score (nSPS) is 10.4. The zero-order valence-electron chi connectivity index (χ0n) is 16.3. The van der Waals surface area contributed by atoms with Crippen LogP contribution in [-0.2, 0) is 0 Å². The van der Waals surface area contributed by atoms with Gasteiger partial charge in [-0.1, -0.05) is 31.5 Å². The number of carbonyl (C=O) groups is 1. The van der Waals surface area contributed by atoms with E-state index in [1.54, 1.807) is 17.3 Å². The smallest absolute Gasteiger partial charge is 0.255 e. The van der Waals surface area contributed by atoms with Crippen molar-refractivity contribution in [2.45, 2.75) is 19.8 Å². The molecule has 0 saturated heterocycles. The molecule has 1 aromatic heterocycles. The van der Waals surface area contributed by atoms with Gasteiger partial charge in [-0.05, 0) is 48.9 Å². The van der Waals surface area contributed by atoms with Crippen LogP contribution < -0.4 is 10.1 Å². The predicted octanol–water partition coefficient (Wildman–Crippen LogP) is 5.49. The molecule has 5 heteroatoms. The second-order valence-electron chi connectivity index (χ2n) is 6.61. The lowest BCUT2D eigenvalue weighted by Gasteiger charge is -2.17. The highest BCUT2D eigenvalue weighted by Crippen LogP contribution is 2.24. The van der Waals surface area contributed by atoms with Crippen molar-refractivity contribution in [2.75, 3.05) is 18.9 Å². The van der Waals surface area contributed by atoms with Crippen LogP contribution in [0.3, 0.4) is 0 Å². The summed E-state index contributed by atoms with van der Waals surface area (Å²) in [7, 11) is 1.82. The summed E-state index contributed by atoms with van der Waals surface area (Å²) in [6.07, 6.45) is 5.36. The maximum Gasteiger partial charge on any atom is 0.255 e. The van der Waals surface area contributed by atoms with Crippen molar-refractivity contribution in [2.24, 2.45) is 0 Å². The minimum Gasteiger partial charge on any atom is -0.457 e. The van der Waals surface area contributed by atoms with E-state index in [9.17, 15) is 4.79 Å². The lowest BCUT2D eigenvalue weighted by atomic mass is 10.2. The minimum atomic E-state index is -0.0174. The standard InChI is InChI=1S/C23H25N3O2/c1-3-4-14-26(2)23(27)18-15-20(17-24-16-18)25-19-10-12-22(13-11-19)28-21-8-6-5-7-9-21/h5-13,15-17,25H,3-4,14H2,1-2H3. The fourth-order valence-corrected chi connectivity index (χ4v) is 2.74. The van der Waals surface area contributed by atoms with Crippen LogP contribution in [-0.4, -0.2) is 29.4 Å². The van der Waals surface area contributed by atoms with Gasteiger partial charge in [0.1, 0.15) is 11.5 Å². The van der Waals surface area contributed by atoms with Crippen molar-refractivity contribution < 1.29 is 9.53 Å². The molecule has 0 unspecified atom stereocenters. The Balaban J connectivity index is 1.64. The first-order valence-corrected chi connectivity index (χ1v) is 9.46. The molecule has 1 N–H and O–H groups in total. The topological polar surface area (TPSA) is 54.5 Å². The Kier molecular flexibility index (Phi) is 6.63. The van der Waals surface area contributed by atoms with Gasteiger partial charge in [0.2, 0.25) is 0 Å². The van der Waals surface area contributed by atoms with Gasteiger partial charge in [0.25, 0.3) is 5.91 Å². The van der Waals surface area contributed by atoms with Gasteiger partial charge < -0.3 is 15.0 Å². The molecular weight excluding hydrogens is 350 g/mol. The monoisotopic (exact) mass is 375 g/mol. The Labute approximate surface area is 166 Å². The molecule has 144 valence electrons. The average molecular weight is 375 g/mol. The third kappa shape index (κ3) is 5.33. The number of pyridine rings is 1. The summed E-state index contributed by atoms with van der Waals surface area (Å²) in [4.78, 5) is 18.5. The first-order valence-electron chi connectivity index (χ1n) is 9.46. The average Bonchev–Trinajstić information content (AvgIpc) is 2.74. The third-order valence-electron chi connectivity index (χ3n) is 4.30. The molecule has 0 aliphatic rings. The highest BCUT2D eigenvalue weighted by molar-refractivity contribution is 5.94. The fraction of sp³-hybridized carbons (Fsp3) is 0.217. The SMILES string of the molecule is CCCCN(C)C(=O)c1cncc(Nc2ccc(Oc3ccccc3)cc2)c1. The molecule has 0 saturated carbocycles. The molecule has 0 spiro atoms. The number of rotatable bonds is 8. The molecule has 28 heavy (non-hydrogen) atoms. The lowest BCUT2D eigenvalue weighted by molar-refractivity contribution is 0.0793. The largest absolute Gasteiger partial charge is 0.457 e. The maximum atomic E-state index is 12.5. The molecule has 0 aliphatic heterocycles. The Morgan fingerprint density at radius 1 is 1.00 bits per heavy atom. The van der Waals surface area contributed by atoms with E-state index in [1.165, 1.54) is 0 Å². The molecule has 0 fully saturated rings. The Bertz CT molecular complexity index is 895. The molecule has 3 aromatic rings. The van der Waals surface area contributed by atoms with Gasteiger partial charge in [0, 0.05) is 25.5 Å². The number of benzene rings is 2. The fourth-order valence-electron chi connectivity index (χ4n) is 2.74. The number of nitrogens with one attached hydrogen (secondary N) is 1. The number of unbranched alkanes of at least 4 members (excludes halogenated alkanes) is 1. The van der Waals surface area contributed by atoms with Gasteiger partial charge in [-0.15, -0.1) is 0 Å². The first-order chi connectivity index (χ1) is 13.7. The quantitative estimate of drug-likeness (QED) is 0.566. The predicted molar refractivity (Wildman–Crippen MR) is 112 cm³/mol. The summed E-state index contributed by atoms with van der Waals surface area (Å²) in [6.45, 7) is 2.86. The van der Waals surface area contributed by atoms with E-state index >= 15 is 0 Å². The van der Waals surface area contributed by atoms with Crippen LogP contribution in [0.4, 0.5) is 11.4 Å². The molecular formula is C23H25N3O2. The number of hydrogen-bond donors (Lipinski definition) is 1. The van der Waals surface area contributed by atoms with E-state index in [2.05, 4.69) is 17.2 Å². The molecule has 0 atom stereocenters. The van der Waals surface area contributed by atoms with Gasteiger partial charge in [0.15, 0.2) is 0 Å². The number of para-hydroxylation sites is 1. The summed E-state index contributed by atoms with van der Waals surface area (Å²) in [5.41, 5.74) is 2.24. The van der Waals surface area contributed by atoms with Gasteiger partial charge in [-0.3, -0.25) is 9.78 Å². The Morgan fingerprint density at radius 3 is 2.43 bits per heavy atom. The molecule has 0 aliphatic carbocycles. The lowest BCUT2D eigenvalue weighted by Crippen LogP contribution is -2.27. The number of ether oxygens (including phenoxy) is 1. The van der Waals surface area contributed by atoms with E-state index in [0.717, 1.165) is 42.3 Å². The minimum absolute atomic E-state index is 0.0174. The van der Waals surface area contributed by atoms with Crippen LogP contribution in [0.15, 0.2) is 73.1 Å². The second-order valence-corrected chi connectivity index (χ2v) is 6.61. The van der Waals surface area contributed by atoms with Crippen molar-refractivity contribution in [1.29, 1.82) is 0 Å². The van der Waals surface area contributed by atoms with Crippen molar-refractivity contribution in [3.8, 4) is 11.5 Å². The molecule has 0 bridgehead atoms. The van der Waals surface area contributed by atoms with E-state index in [-0.39, 0.29) is 5.91 Å². The van der Waals surface area contributed by atoms with E-state index in [1.807, 2.05) is 67.7 Å². The van der Waals surface area contributed by atoms with Gasteiger partial charge in [0.05, 0.1) is 17.4 Å². The van der Waals surface area contributed by atoms with Gasteiger partial charge in [-0.2, -0.15) is 0 Å². The first kappa shape index (κ1) is 19.4. The van der Waals surface area contributed by atoms with Crippen LogP contribution >= 0.6 is 0 Å². The third-order valence-corrected chi connectivity index (χ3v) is 4.30. The molecule has 5 nitrogen and oxygen atoms in total. The van der Waals surface area contributed by atoms with Gasteiger partial charge in [-0.25, -0.2) is 0 Å². The number of hydrogen-bond acceptors (Lipinski definition) is 4. The van der Waals surface area contributed by atoms with Crippen molar-refractivity contribution >= 4 is 17.3 Å². The van der Waals surface area contributed by atoms with E-state index in [4.69, 9.17) is 4.74 Å². The highest BCUT2D eigenvalue weighted by Gasteiger charge is 2.12. The summed E-state index contributed by atoms with van der Waals surface area (Å²) in [5.74, 6) is 1.54.